The average Bonchev–Trinajstić information content (AvgIpc) is 3.37. The lowest BCUT2D eigenvalue weighted by Crippen LogP contribution is -2.29. The largest absolute Gasteiger partial charge is 0.494 e. The number of ketones is 1. The second-order valence-corrected chi connectivity index (χ2v) is 10.0. The molecule has 7 nitrogen and oxygen atoms in total. The Morgan fingerprint density at radius 1 is 1.14 bits per heavy atom. The van der Waals surface area contributed by atoms with Crippen molar-refractivity contribution in [1.29, 1.82) is 0 Å². The van der Waals surface area contributed by atoms with Crippen LogP contribution in [-0.2, 0) is 0 Å². The highest BCUT2D eigenvalue weighted by Gasteiger charge is 2.45. The SMILES string of the molecule is CCCOc1cccc(C2c3c(oc4cc(C)c(C)cc4c3=O)C(=O)N2c2nc(C)c(C(C)=O)s2)c1. The molecule has 0 fully saturated rings. The predicted octanol–water partition coefficient (Wildman–Crippen LogP) is 5.92. The molecule has 1 amide bonds. The number of ether oxygens (including phenoxy) is 1. The number of thiazole rings is 1. The van der Waals surface area contributed by atoms with Crippen LogP contribution in [0.25, 0.3) is 11.0 Å². The molecule has 3 heterocycles. The minimum absolute atomic E-state index is 0.00198. The summed E-state index contributed by atoms with van der Waals surface area (Å²) in [6, 6.07) is 10.2. The Hall–Kier alpha value is -3.78. The number of nitrogens with zero attached hydrogens (tertiary/aromatic N) is 2. The third-order valence-corrected chi connectivity index (χ3v) is 7.70. The molecule has 184 valence electrons. The van der Waals surface area contributed by atoms with Gasteiger partial charge in [0.1, 0.15) is 11.3 Å². The summed E-state index contributed by atoms with van der Waals surface area (Å²) in [5.74, 6) is 0.0539. The van der Waals surface area contributed by atoms with Crippen molar-refractivity contribution < 1.29 is 18.7 Å². The Morgan fingerprint density at radius 2 is 1.89 bits per heavy atom. The Bertz CT molecular complexity index is 1600. The van der Waals surface area contributed by atoms with Crippen molar-refractivity contribution in [2.75, 3.05) is 11.5 Å². The summed E-state index contributed by atoms with van der Waals surface area (Å²) in [4.78, 5) is 46.4. The van der Waals surface area contributed by atoms with E-state index in [1.807, 2.05) is 51.1 Å². The fraction of sp³-hybridized carbons (Fsp3) is 0.286. The van der Waals surface area contributed by atoms with Gasteiger partial charge in [-0.05, 0) is 68.1 Å². The van der Waals surface area contributed by atoms with E-state index >= 15 is 0 Å². The number of fused-ring (bicyclic) bond motifs is 2. The van der Waals surface area contributed by atoms with Gasteiger partial charge in [-0.25, -0.2) is 4.98 Å². The van der Waals surface area contributed by atoms with Crippen LogP contribution in [0.3, 0.4) is 0 Å². The molecule has 4 aromatic rings. The van der Waals surface area contributed by atoms with Gasteiger partial charge in [0.05, 0.1) is 34.2 Å². The monoisotopic (exact) mass is 502 g/mol. The maximum Gasteiger partial charge on any atom is 0.297 e. The third-order valence-electron chi connectivity index (χ3n) is 6.44. The summed E-state index contributed by atoms with van der Waals surface area (Å²) in [7, 11) is 0. The van der Waals surface area contributed by atoms with Gasteiger partial charge in [-0.3, -0.25) is 19.3 Å². The van der Waals surface area contributed by atoms with Crippen LogP contribution < -0.4 is 15.1 Å². The maximum absolute atomic E-state index is 13.9. The molecule has 1 aliphatic heterocycles. The molecule has 36 heavy (non-hydrogen) atoms. The first-order valence-corrected chi connectivity index (χ1v) is 12.7. The van der Waals surface area contributed by atoms with Crippen LogP contribution in [-0.4, -0.2) is 23.3 Å². The standard InChI is InChI=1S/C28H26N2O5S/c1-6-10-34-19-9-7-8-18(13-19)23-22-24(32)20-11-14(2)15(3)12-21(20)35-25(22)27(33)30(23)28-29-16(4)26(36-28)17(5)31/h7-9,11-13,23H,6,10H2,1-5H3. The highest BCUT2D eigenvalue weighted by atomic mass is 32.1. The minimum atomic E-state index is -0.773. The Balaban J connectivity index is 1.77. The van der Waals surface area contributed by atoms with E-state index in [2.05, 4.69) is 4.98 Å². The number of Topliss-reactive ketones (excluding diaryl/α,β-unsaturated/α-hetero) is 1. The van der Waals surface area contributed by atoms with Gasteiger partial charge >= 0.3 is 0 Å². The summed E-state index contributed by atoms with van der Waals surface area (Å²) in [6.45, 7) is 9.65. The number of aromatic nitrogens is 1. The van der Waals surface area contributed by atoms with Crippen LogP contribution in [0.1, 0.15) is 74.5 Å². The second kappa shape index (κ2) is 9.02. The van der Waals surface area contributed by atoms with Crippen LogP contribution >= 0.6 is 11.3 Å². The molecule has 0 N–H and O–H groups in total. The number of carbonyl (C=O) groups excluding carboxylic acids is 2. The number of rotatable bonds is 6. The molecule has 8 heteroatoms. The van der Waals surface area contributed by atoms with Gasteiger partial charge in [-0.1, -0.05) is 30.4 Å². The number of aryl methyl sites for hydroxylation is 3. The van der Waals surface area contributed by atoms with Gasteiger partial charge in [0, 0.05) is 6.92 Å². The molecule has 2 aromatic heterocycles. The van der Waals surface area contributed by atoms with E-state index in [0.717, 1.165) is 28.9 Å². The van der Waals surface area contributed by atoms with Gasteiger partial charge in [0.2, 0.25) is 5.76 Å². The number of carbonyl (C=O) groups is 2. The predicted molar refractivity (Wildman–Crippen MR) is 140 cm³/mol. The van der Waals surface area contributed by atoms with Crippen molar-refractivity contribution in [2.45, 2.75) is 47.1 Å². The smallest absolute Gasteiger partial charge is 0.297 e. The van der Waals surface area contributed by atoms with Crippen molar-refractivity contribution >= 4 is 39.1 Å². The molecule has 0 radical (unpaired) electrons. The van der Waals surface area contributed by atoms with Crippen LogP contribution in [0.4, 0.5) is 5.13 Å². The van der Waals surface area contributed by atoms with E-state index < -0.39 is 11.9 Å². The number of anilines is 1. The fourth-order valence-corrected chi connectivity index (χ4v) is 5.54. The third kappa shape index (κ3) is 3.82. The van der Waals surface area contributed by atoms with E-state index in [1.165, 1.54) is 11.8 Å². The highest BCUT2D eigenvalue weighted by molar-refractivity contribution is 7.17. The first kappa shape index (κ1) is 23.9. The lowest BCUT2D eigenvalue weighted by atomic mass is 9.97. The van der Waals surface area contributed by atoms with Crippen molar-refractivity contribution in [3.8, 4) is 5.75 Å². The topological polar surface area (TPSA) is 89.7 Å². The average molecular weight is 503 g/mol. The summed E-state index contributed by atoms with van der Waals surface area (Å²) in [5.41, 5.74) is 3.55. The lowest BCUT2D eigenvalue weighted by Gasteiger charge is -2.23. The van der Waals surface area contributed by atoms with E-state index in [-0.39, 0.29) is 22.5 Å². The molecular weight excluding hydrogens is 476 g/mol. The lowest BCUT2D eigenvalue weighted by molar-refractivity contribution is 0.0969. The zero-order valence-corrected chi connectivity index (χ0v) is 21.6. The first-order chi connectivity index (χ1) is 17.2. The number of hydrogen-bond acceptors (Lipinski definition) is 7. The Kier molecular flexibility index (Phi) is 6.00. The maximum atomic E-state index is 13.9. The van der Waals surface area contributed by atoms with Crippen LogP contribution in [0.5, 0.6) is 5.75 Å². The molecular formula is C28H26N2O5S. The van der Waals surface area contributed by atoms with Crippen LogP contribution in [0.15, 0.2) is 45.6 Å². The number of amides is 1. The molecule has 2 aromatic carbocycles. The van der Waals surface area contributed by atoms with Crippen molar-refractivity contribution in [1.82, 2.24) is 4.98 Å². The summed E-state index contributed by atoms with van der Waals surface area (Å²) >= 11 is 1.14. The molecule has 5 rings (SSSR count). The molecule has 0 saturated carbocycles. The highest BCUT2D eigenvalue weighted by Crippen LogP contribution is 2.43. The van der Waals surface area contributed by atoms with E-state index in [1.54, 1.807) is 13.0 Å². The Labute approximate surface area is 212 Å². The van der Waals surface area contributed by atoms with Gasteiger partial charge in [0.15, 0.2) is 16.3 Å². The van der Waals surface area contributed by atoms with Crippen molar-refractivity contribution in [3.05, 3.63) is 85.2 Å². The van der Waals surface area contributed by atoms with E-state index in [0.29, 0.717) is 44.6 Å². The number of benzene rings is 2. The van der Waals surface area contributed by atoms with Gasteiger partial charge in [-0.2, -0.15) is 0 Å². The zero-order chi connectivity index (χ0) is 25.7. The molecule has 0 spiro atoms. The molecule has 0 bridgehead atoms. The van der Waals surface area contributed by atoms with Gasteiger partial charge in [-0.15, -0.1) is 0 Å². The van der Waals surface area contributed by atoms with Crippen molar-refractivity contribution in [2.24, 2.45) is 0 Å². The van der Waals surface area contributed by atoms with Gasteiger partial charge in [0.25, 0.3) is 5.91 Å². The molecule has 1 aliphatic rings. The quantitative estimate of drug-likeness (QED) is 0.304. The second-order valence-electron chi connectivity index (χ2n) is 9.07. The molecule has 1 atom stereocenters. The first-order valence-electron chi connectivity index (χ1n) is 11.8. The summed E-state index contributed by atoms with van der Waals surface area (Å²) in [6.07, 6.45) is 0.849. The minimum Gasteiger partial charge on any atom is -0.494 e. The zero-order valence-electron chi connectivity index (χ0n) is 20.8. The van der Waals surface area contributed by atoms with E-state index in [4.69, 9.17) is 9.15 Å². The number of hydrogen-bond donors (Lipinski definition) is 0. The molecule has 1 unspecified atom stereocenters. The van der Waals surface area contributed by atoms with E-state index in [9.17, 15) is 14.4 Å². The fourth-order valence-electron chi connectivity index (χ4n) is 4.55. The summed E-state index contributed by atoms with van der Waals surface area (Å²) in [5, 5.41) is 0.768. The van der Waals surface area contributed by atoms with Crippen molar-refractivity contribution in [3.63, 3.8) is 0 Å². The van der Waals surface area contributed by atoms with Crippen LogP contribution in [0.2, 0.25) is 0 Å². The molecule has 0 aliphatic carbocycles. The normalized spacial score (nSPS) is 15.0. The van der Waals surface area contributed by atoms with Gasteiger partial charge < -0.3 is 9.15 Å². The molecule has 0 saturated heterocycles. The summed E-state index contributed by atoms with van der Waals surface area (Å²) < 4.78 is 11.9. The van der Waals surface area contributed by atoms with Crippen LogP contribution in [0, 0.1) is 20.8 Å². The Morgan fingerprint density at radius 3 is 2.58 bits per heavy atom.